The number of allylic oxidation sites excluding steroid dienone is 1. The summed E-state index contributed by atoms with van der Waals surface area (Å²) >= 11 is 0. The van der Waals surface area contributed by atoms with Gasteiger partial charge >= 0.3 is 11.9 Å². The first-order valence-corrected chi connectivity index (χ1v) is 8.10. The molecule has 2 rings (SSSR count). The van der Waals surface area contributed by atoms with E-state index >= 15 is 0 Å². The first-order chi connectivity index (χ1) is 10.1. The van der Waals surface area contributed by atoms with E-state index in [4.69, 9.17) is 9.47 Å². The molecule has 0 N–H and O–H groups in total. The van der Waals surface area contributed by atoms with Gasteiger partial charge in [-0.15, -0.1) is 0 Å². The zero-order valence-electron chi connectivity index (χ0n) is 14.6. The van der Waals surface area contributed by atoms with E-state index in [0.717, 1.165) is 12.0 Å². The van der Waals surface area contributed by atoms with E-state index in [1.807, 2.05) is 13.0 Å². The van der Waals surface area contributed by atoms with Crippen molar-refractivity contribution < 1.29 is 19.1 Å². The van der Waals surface area contributed by atoms with Crippen molar-refractivity contribution in [3.8, 4) is 0 Å². The largest absolute Gasteiger partial charge is 0.463 e. The molecule has 0 spiro atoms. The van der Waals surface area contributed by atoms with Crippen LogP contribution in [-0.4, -0.2) is 24.6 Å². The van der Waals surface area contributed by atoms with Crippen molar-refractivity contribution in [1.29, 1.82) is 0 Å². The summed E-state index contributed by atoms with van der Waals surface area (Å²) in [6.45, 7) is 12.5. The minimum atomic E-state index is -0.267. The summed E-state index contributed by atoms with van der Waals surface area (Å²) in [5.74, 6) is -0.303. The van der Waals surface area contributed by atoms with Crippen molar-refractivity contribution in [1.82, 2.24) is 0 Å². The molecular formula is C18H28O4. The molecule has 2 fully saturated rings. The van der Waals surface area contributed by atoms with E-state index in [9.17, 15) is 9.59 Å². The normalized spacial score (nSPS) is 39.6. The molecule has 2 aliphatic rings. The Bertz CT molecular complexity index is 505. The highest BCUT2D eigenvalue weighted by Crippen LogP contribution is 2.57. The predicted octanol–water partition coefficient (Wildman–Crippen LogP) is 3.50. The van der Waals surface area contributed by atoms with Gasteiger partial charge in [-0.05, 0) is 42.1 Å². The lowest BCUT2D eigenvalue weighted by Crippen LogP contribution is -2.51. The van der Waals surface area contributed by atoms with Gasteiger partial charge in [0.05, 0.1) is 5.92 Å². The molecule has 22 heavy (non-hydrogen) atoms. The molecule has 4 unspecified atom stereocenters. The molecule has 124 valence electrons. The molecule has 0 bridgehead atoms. The molecule has 4 heteroatoms. The van der Waals surface area contributed by atoms with Crippen molar-refractivity contribution in [2.75, 3.05) is 6.61 Å². The number of rotatable bonds is 2. The average Bonchev–Trinajstić information content (AvgIpc) is 2.76. The van der Waals surface area contributed by atoms with Crippen LogP contribution in [0.4, 0.5) is 0 Å². The maximum absolute atomic E-state index is 12.4. The minimum absolute atomic E-state index is 0.00512. The Morgan fingerprint density at radius 1 is 1.32 bits per heavy atom. The quantitative estimate of drug-likeness (QED) is 0.579. The number of hydrogen-bond acceptors (Lipinski definition) is 4. The third-order valence-electron chi connectivity index (χ3n) is 5.93. The zero-order valence-corrected chi connectivity index (χ0v) is 14.6. The zero-order chi connectivity index (χ0) is 16.7. The van der Waals surface area contributed by atoms with E-state index in [1.54, 1.807) is 0 Å². The van der Waals surface area contributed by atoms with Crippen molar-refractivity contribution in [3.63, 3.8) is 0 Å². The van der Waals surface area contributed by atoms with Crippen LogP contribution in [0.15, 0.2) is 11.6 Å². The van der Waals surface area contributed by atoms with Gasteiger partial charge in [0.15, 0.2) is 0 Å². The summed E-state index contributed by atoms with van der Waals surface area (Å²) in [5, 5.41) is 0. The Labute approximate surface area is 133 Å². The van der Waals surface area contributed by atoms with Gasteiger partial charge in [0.2, 0.25) is 0 Å². The van der Waals surface area contributed by atoms with Crippen molar-refractivity contribution in [2.45, 2.75) is 60.5 Å². The van der Waals surface area contributed by atoms with E-state index in [2.05, 4.69) is 27.7 Å². The summed E-state index contributed by atoms with van der Waals surface area (Å²) in [6.07, 6.45) is 3.39. The van der Waals surface area contributed by atoms with E-state index < -0.39 is 0 Å². The van der Waals surface area contributed by atoms with Crippen LogP contribution in [0.1, 0.15) is 54.4 Å². The van der Waals surface area contributed by atoms with Crippen molar-refractivity contribution in [2.24, 2.45) is 22.7 Å². The Kier molecular flexibility index (Phi) is 4.42. The van der Waals surface area contributed by atoms with Gasteiger partial charge in [-0.3, -0.25) is 9.59 Å². The number of esters is 2. The third kappa shape index (κ3) is 2.80. The standard InChI is InChI=1S/C18H28O4/c1-7-13-10-21-16(20)15(13)18(6)9-14(22-12(3)19)8-17(4,5)11(18)2/h7,11,14-15H,8-10H2,1-6H3/b13-7-. The first kappa shape index (κ1) is 17.0. The second-order valence-corrected chi connectivity index (χ2v) is 7.76. The SMILES string of the molecule is C/C=C1/COC(=O)C1C1(C)CC(OC(C)=O)CC(C)(C)C1C. The number of hydrogen-bond donors (Lipinski definition) is 0. The van der Waals surface area contributed by atoms with Crippen LogP contribution in [0.5, 0.6) is 0 Å². The maximum atomic E-state index is 12.4. The molecule has 1 aliphatic carbocycles. The fraction of sp³-hybridized carbons (Fsp3) is 0.778. The van der Waals surface area contributed by atoms with Crippen LogP contribution in [-0.2, 0) is 19.1 Å². The third-order valence-corrected chi connectivity index (χ3v) is 5.93. The molecule has 0 aromatic rings. The summed E-state index contributed by atoms with van der Waals surface area (Å²) < 4.78 is 10.8. The number of cyclic esters (lactones) is 1. The maximum Gasteiger partial charge on any atom is 0.314 e. The van der Waals surface area contributed by atoms with E-state index in [-0.39, 0.29) is 34.8 Å². The lowest BCUT2D eigenvalue weighted by atomic mass is 9.51. The molecule has 0 aromatic carbocycles. The summed E-state index contributed by atoms with van der Waals surface area (Å²) in [7, 11) is 0. The highest BCUT2D eigenvalue weighted by atomic mass is 16.5. The van der Waals surface area contributed by atoms with E-state index in [1.165, 1.54) is 6.92 Å². The molecule has 1 saturated carbocycles. The molecular weight excluding hydrogens is 280 g/mol. The highest BCUT2D eigenvalue weighted by Gasteiger charge is 2.56. The fourth-order valence-corrected chi connectivity index (χ4v) is 4.50. The second-order valence-electron chi connectivity index (χ2n) is 7.76. The minimum Gasteiger partial charge on any atom is -0.463 e. The Morgan fingerprint density at radius 3 is 2.50 bits per heavy atom. The lowest BCUT2D eigenvalue weighted by Gasteiger charge is -2.53. The van der Waals surface area contributed by atoms with Gasteiger partial charge in [0.1, 0.15) is 12.7 Å². The molecule has 1 saturated heterocycles. The number of carbonyl (C=O) groups excluding carboxylic acids is 2. The molecule has 4 nitrogen and oxygen atoms in total. The van der Waals surface area contributed by atoms with Crippen LogP contribution in [0.3, 0.4) is 0 Å². The average molecular weight is 308 g/mol. The summed E-state index contributed by atoms with van der Waals surface area (Å²) in [4.78, 5) is 23.8. The molecule has 1 aliphatic heterocycles. The first-order valence-electron chi connectivity index (χ1n) is 8.10. The topological polar surface area (TPSA) is 52.6 Å². The number of ether oxygens (including phenoxy) is 2. The molecule has 0 radical (unpaired) electrons. The van der Waals surface area contributed by atoms with Crippen LogP contribution in [0, 0.1) is 22.7 Å². The summed E-state index contributed by atoms with van der Waals surface area (Å²) in [5.41, 5.74) is 0.783. The smallest absolute Gasteiger partial charge is 0.314 e. The fourth-order valence-electron chi connectivity index (χ4n) is 4.50. The van der Waals surface area contributed by atoms with Gasteiger partial charge in [0, 0.05) is 6.92 Å². The molecule has 0 amide bonds. The van der Waals surface area contributed by atoms with Crippen LogP contribution >= 0.6 is 0 Å². The van der Waals surface area contributed by atoms with Gasteiger partial charge in [-0.2, -0.15) is 0 Å². The molecule has 4 atom stereocenters. The van der Waals surface area contributed by atoms with Gasteiger partial charge in [-0.1, -0.05) is 33.8 Å². The Balaban J connectivity index is 2.40. The molecule has 0 aromatic heterocycles. The predicted molar refractivity (Wildman–Crippen MR) is 84.0 cm³/mol. The Hall–Kier alpha value is -1.32. The van der Waals surface area contributed by atoms with Crippen LogP contribution < -0.4 is 0 Å². The highest BCUT2D eigenvalue weighted by molar-refractivity contribution is 5.80. The van der Waals surface area contributed by atoms with Crippen LogP contribution in [0.2, 0.25) is 0 Å². The van der Waals surface area contributed by atoms with Gasteiger partial charge in [-0.25, -0.2) is 0 Å². The van der Waals surface area contributed by atoms with Crippen molar-refractivity contribution in [3.05, 3.63) is 11.6 Å². The van der Waals surface area contributed by atoms with Crippen molar-refractivity contribution >= 4 is 11.9 Å². The van der Waals surface area contributed by atoms with Gasteiger partial charge < -0.3 is 9.47 Å². The second kappa shape index (κ2) is 5.71. The summed E-state index contributed by atoms with van der Waals surface area (Å²) in [6, 6.07) is 0. The van der Waals surface area contributed by atoms with E-state index in [0.29, 0.717) is 18.9 Å². The lowest BCUT2D eigenvalue weighted by molar-refractivity contribution is -0.163. The van der Waals surface area contributed by atoms with Crippen LogP contribution in [0.25, 0.3) is 0 Å². The number of carbonyl (C=O) groups is 2. The Morgan fingerprint density at radius 2 is 1.95 bits per heavy atom. The monoisotopic (exact) mass is 308 g/mol. The van der Waals surface area contributed by atoms with Gasteiger partial charge in [0.25, 0.3) is 0 Å². The molecule has 1 heterocycles.